The Labute approximate surface area is 411 Å². The van der Waals surface area contributed by atoms with Crippen LogP contribution in [0.1, 0.15) is 206 Å². The van der Waals surface area contributed by atoms with Crippen molar-refractivity contribution >= 4 is 17.9 Å². The number of ether oxygens (including phenoxy) is 4. The van der Waals surface area contributed by atoms with Crippen LogP contribution in [0.15, 0.2) is 85.1 Å². The highest BCUT2D eigenvalue weighted by Crippen LogP contribution is 2.23. The summed E-state index contributed by atoms with van der Waals surface area (Å²) >= 11 is 0. The van der Waals surface area contributed by atoms with Gasteiger partial charge in [0, 0.05) is 12.8 Å². The number of allylic oxidation sites excluding steroid dienone is 14. The van der Waals surface area contributed by atoms with Crippen molar-refractivity contribution < 1.29 is 53.8 Å². The van der Waals surface area contributed by atoms with Gasteiger partial charge in [-0.05, 0) is 89.9 Å². The van der Waals surface area contributed by atoms with E-state index < -0.39 is 61.3 Å². The van der Waals surface area contributed by atoms with Gasteiger partial charge in [0.1, 0.15) is 24.9 Å². The molecule has 0 spiro atoms. The van der Waals surface area contributed by atoms with E-state index in [0.29, 0.717) is 12.8 Å². The van der Waals surface area contributed by atoms with Crippen molar-refractivity contribution in [1.29, 1.82) is 0 Å². The Bertz CT molecular complexity index is 1450. The maximum absolute atomic E-state index is 12.9. The molecule has 11 heteroatoms. The molecule has 6 unspecified atom stereocenters. The Kier molecular flexibility index (Phi) is 42.0. The molecule has 0 amide bonds. The molecule has 11 nitrogen and oxygen atoms in total. The fourth-order valence-corrected chi connectivity index (χ4v) is 7.58. The van der Waals surface area contributed by atoms with Gasteiger partial charge in [-0.3, -0.25) is 9.59 Å². The van der Waals surface area contributed by atoms with Crippen LogP contribution in [0.25, 0.3) is 0 Å². The number of carboxylic acid groups (broad SMARTS) is 1. The molecule has 0 bridgehead atoms. The van der Waals surface area contributed by atoms with Crippen LogP contribution < -0.4 is 0 Å². The van der Waals surface area contributed by atoms with Gasteiger partial charge in [-0.15, -0.1) is 0 Å². The van der Waals surface area contributed by atoms with E-state index in [4.69, 9.17) is 18.9 Å². The lowest BCUT2D eigenvalue weighted by Gasteiger charge is -2.38. The first-order valence-corrected chi connectivity index (χ1v) is 26.6. The zero-order valence-corrected chi connectivity index (χ0v) is 42.3. The van der Waals surface area contributed by atoms with Gasteiger partial charge in [0.25, 0.3) is 0 Å². The summed E-state index contributed by atoms with van der Waals surface area (Å²) in [5, 5.41) is 40.0. The van der Waals surface area contributed by atoms with Crippen LogP contribution in [0.5, 0.6) is 0 Å². The molecule has 1 aliphatic heterocycles. The van der Waals surface area contributed by atoms with Gasteiger partial charge >= 0.3 is 17.9 Å². The maximum atomic E-state index is 12.9. The van der Waals surface area contributed by atoms with Crippen molar-refractivity contribution in [2.45, 2.75) is 243 Å². The van der Waals surface area contributed by atoms with E-state index in [1.54, 1.807) is 0 Å². The summed E-state index contributed by atoms with van der Waals surface area (Å²) in [7, 11) is 0. The lowest BCUT2D eigenvalue weighted by molar-refractivity contribution is -0.298. The number of hydrogen-bond donors (Lipinski definition) is 4. The second-order valence-electron chi connectivity index (χ2n) is 18.0. The number of hydrogen-bond acceptors (Lipinski definition) is 10. The van der Waals surface area contributed by atoms with Crippen molar-refractivity contribution in [3.8, 4) is 0 Å². The predicted molar refractivity (Wildman–Crippen MR) is 275 cm³/mol. The van der Waals surface area contributed by atoms with Crippen LogP contribution >= 0.6 is 0 Å². The maximum Gasteiger partial charge on any atom is 0.335 e. The fraction of sp³-hybridized carbons (Fsp3) is 0.702. The van der Waals surface area contributed by atoms with Gasteiger partial charge < -0.3 is 39.4 Å². The highest BCUT2D eigenvalue weighted by molar-refractivity contribution is 5.73. The van der Waals surface area contributed by atoms with E-state index in [0.717, 1.165) is 77.0 Å². The molecule has 0 radical (unpaired) electrons. The zero-order valence-electron chi connectivity index (χ0n) is 42.3. The summed E-state index contributed by atoms with van der Waals surface area (Å²) < 4.78 is 21.8. The summed E-state index contributed by atoms with van der Waals surface area (Å²) in [6.07, 6.45) is 52.0. The van der Waals surface area contributed by atoms with E-state index in [1.807, 2.05) is 0 Å². The molecule has 1 saturated heterocycles. The van der Waals surface area contributed by atoms with E-state index in [1.165, 1.54) is 89.9 Å². The quantitative estimate of drug-likeness (QED) is 0.0260. The van der Waals surface area contributed by atoms with Crippen LogP contribution in [0.3, 0.4) is 0 Å². The first kappa shape index (κ1) is 62.4. The highest BCUT2D eigenvalue weighted by Gasteiger charge is 2.47. The highest BCUT2D eigenvalue weighted by atomic mass is 16.7. The van der Waals surface area contributed by atoms with E-state index in [9.17, 15) is 34.8 Å². The number of unbranched alkanes of at least 4 members (excludes halogenated alkanes) is 19. The number of carbonyl (C=O) groups is 3. The SMILES string of the molecule is CC/C=C\C/C=C\C/C=C\C/C=C\C/C=C\CCCCCC(=O)OCC(COC1OC(C(=O)O)C(O)C(O)C1O)OC(=O)CCCCCCCCCCCCC/C=C\C/C=C\CCCCCCC. The Morgan fingerprint density at radius 1 is 0.471 bits per heavy atom. The first-order chi connectivity index (χ1) is 33.2. The van der Waals surface area contributed by atoms with Gasteiger partial charge in [0.15, 0.2) is 18.5 Å². The molecular formula is C57H94O11. The largest absolute Gasteiger partial charge is 0.479 e. The summed E-state index contributed by atoms with van der Waals surface area (Å²) in [6, 6.07) is 0. The molecule has 0 aromatic carbocycles. The molecule has 0 aliphatic carbocycles. The van der Waals surface area contributed by atoms with E-state index >= 15 is 0 Å². The molecule has 0 aromatic heterocycles. The third-order valence-corrected chi connectivity index (χ3v) is 11.7. The second kappa shape index (κ2) is 45.8. The van der Waals surface area contributed by atoms with Gasteiger partial charge in [0.2, 0.25) is 0 Å². The van der Waals surface area contributed by atoms with Gasteiger partial charge in [0.05, 0.1) is 6.61 Å². The molecule has 1 aliphatic rings. The second-order valence-corrected chi connectivity index (χ2v) is 18.0. The minimum Gasteiger partial charge on any atom is -0.479 e. The molecule has 388 valence electrons. The minimum absolute atomic E-state index is 0.169. The van der Waals surface area contributed by atoms with E-state index in [2.05, 4.69) is 98.9 Å². The minimum atomic E-state index is -1.87. The molecule has 68 heavy (non-hydrogen) atoms. The third kappa shape index (κ3) is 36.4. The normalized spacial score (nSPS) is 19.6. The number of aliphatic hydroxyl groups is 3. The number of carbonyl (C=O) groups excluding carboxylic acids is 2. The van der Waals surface area contributed by atoms with Gasteiger partial charge in [-0.2, -0.15) is 0 Å². The van der Waals surface area contributed by atoms with Crippen LogP contribution in [-0.2, 0) is 33.3 Å². The van der Waals surface area contributed by atoms with Crippen LogP contribution in [0, 0.1) is 0 Å². The number of carboxylic acids is 1. The summed E-state index contributed by atoms with van der Waals surface area (Å²) in [5.74, 6) is -2.49. The monoisotopic (exact) mass is 955 g/mol. The molecule has 4 N–H and O–H groups in total. The van der Waals surface area contributed by atoms with Crippen molar-refractivity contribution in [3.05, 3.63) is 85.1 Å². The van der Waals surface area contributed by atoms with E-state index in [-0.39, 0.29) is 19.4 Å². The Morgan fingerprint density at radius 3 is 1.32 bits per heavy atom. The summed E-state index contributed by atoms with van der Waals surface area (Å²) in [6.45, 7) is 3.67. The Hall–Kier alpha value is -3.61. The van der Waals surface area contributed by atoms with Crippen molar-refractivity contribution in [3.63, 3.8) is 0 Å². The van der Waals surface area contributed by atoms with Crippen molar-refractivity contribution in [1.82, 2.24) is 0 Å². The molecule has 1 rings (SSSR count). The van der Waals surface area contributed by atoms with Crippen LogP contribution in [-0.4, -0.2) is 88.4 Å². The number of rotatable bonds is 44. The molecule has 1 fully saturated rings. The summed E-state index contributed by atoms with van der Waals surface area (Å²) in [4.78, 5) is 37.0. The third-order valence-electron chi connectivity index (χ3n) is 11.7. The molecule has 0 saturated carbocycles. The smallest absolute Gasteiger partial charge is 0.335 e. The molecule has 6 atom stereocenters. The topological polar surface area (TPSA) is 169 Å². The lowest BCUT2D eigenvalue weighted by Crippen LogP contribution is -2.60. The standard InChI is InChI=1S/C57H94O11/c1-3-5-7-9-11-13-15-17-19-21-23-24-25-26-28-30-32-34-36-38-40-42-44-46-51(59)67-49(48-66-57-54(62)52(60)53(61)55(68-57)56(63)64)47-65-50(58)45-43-41-39-37-35-33-31-29-27-22-20-18-16-14-12-10-8-6-4-2/h6,8,12,14-15,17-18,20-21,23,27,29,33,35,49,52-55,57,60-62H,3-5,7,9-11,13,16,19,22,24-26,28,30-32,34,36-48H2,1-2H3,(H,63,64)/b8-6-,14-12-,17-15-,20-18-,23-21-,29-27-,35-33-. The average molecular weight is 955 g/mol. The lowest BCUT2D eigenvalue weighted by atomic mass is 9.99. The number of esters is 2. The fourth-order valence-electron chi connectivity index (χ4n) is 7.58. The van der Waals surface area contributed by atoms with Crippen molar-refractivity contribution in [2.24, 2.45) is 0 Å². The van der Waals surface area contributed by atoms with Crippen LogP contribution in [0.4, 0.5) is 0 Å². The first-order valence-electron chi connectivity index (χ1n) is 26.6. The molecule has 1 heterocycles. The van der Waals surface area contributed by atoms with Gasteiger partial charge in [-0.25, -0.2) is 4.79 Å². The number of aliphatic carboxylic acids is 1. The summed E-state index contributed by atoms with van der Waals surface area (Å²) in [5.41, 5.74) is 0. The van der Waals surface area contributed by atoms with Crippen LogP contribution in [0.2, 0.25) is 0 Å². The Morgan fingerprint density at radius 2 is 0.868 bits per heavy atom. The number of aliphatic hydroxyl groups excluding tert-OH is 3. The Balaban J connectivity index is 2.31. The molecule has 0 aromatic rings. The zero-order chi connectivity index (χ0) is 49.6. The predicted octanol–water partition coefficient (Wildman–Crippen LogP) is 13.0. The van der Waals surface area contributed by atoms with Crippen molar-refractivity contribution in [2.75, 3.05) is 13.2 Å². The van der Waals surface area contributed by atoms with Gasteiger partial charge in [-0.1, -0.05) is 189 Å². The average Bonchev–Trinajstić information content (AvgIpc) is 3.32. The molecular weight excluding hydrogens is 861 g/mol.